The van der Waals surface area contributed by atoms with Crippen LogP contribution in [0.5, 0.6) is 0 Å². The Bertz CT molecular complexity index is 394. The van der Waals surface area contributed by atoms with Crippen molar-refractivity contribution in [3.63, 3.8) is 0 Å². The quantitative estimate of drug-likeness (QED) is 0.758. The van der Waals surface area contributed by atoms with E-state index in [1.54, 1.807) is 38.5 Å². The number of carbonyl (C=O) groups is 1. The van der Waals surface area contributed by atoms with E-state index >= 15 is 0 Å². The number of hydrogen-bond donors (Lipinski definition) is 0. The molecule has 19 heavy (non-hydrogen) atoms. The number of methoxy groups -OCH3 is 2. The lowest BCUT2D eigenvalue weighted by Crippen LogP contribution is -2.24. The number of esters is 1. The molecule has 104 valence electrons. The van der Waals surface area contributed by atoms with E-state index in [0.717, 1.165) is 0 Å². The summed E-state index contributed by atoms with van der Waals surface area (Å²) in [4.78, 5) is 11.8. The van der Waals surface area contributed by atoms with Crippen molar-refractivity contribution in [2.24, 2.45) is 0 Å². The summed E-state index contributed by atoms with van der Waals surface area (Å²) in [6, 6.07) is 8.87. The SMILES string of the molecule is COC1CC(COC(=O)c2ccccc2)OC1OC. The maximum absolute atomic E-state index is 11.8. The Labute approximate surface area is 112 Å². The summed E-state index contributed by atoms with van der Waals surface area (Å²) in [5.74, 6) is -0.348. The van der Waals surface area contributed by atoms with Crippen LogP contribution in [0.1, 0.15) is 16.8 Å². The summed E-state index contributed by atoms with van der Waals surface area (Å²) < 4.78 is 21.2. The average molecular weight is 266 g/mol. The van der Waals surface area contributed by atoms with Crippen molar-refractivity contribution >= 4 is 5.97 Å². The predicted molar refractivity (Wildman–Crippen MR) is 67.8 cm³/mol. The monoisotopic (exact) mass is 266 g/mol. The number of hydrogen-bond acceptors (Lipinski definition) is 5. The second-order valence-corrected chi connectivity index (χ2v) is 4.34. The standard InChI is InChI=1S/C14H18O5/c1-16-12-8-11(19-14(12)17-2)9-18-13(15)10-6-4-3-5-7-10/h3-7,11-12,14H,8-9H2,1-2H3. The van der Waals surface area contributed by atoms with Crippen molar-refractivity contribution in [1.82, 2.24) is 0 Å². The minimum atomic E-state index is -0.398. The van der Waals surface area contributed by atoms with Crippen LogP contribution in [0.4, 0.5) is 0 Å². The molecule has 3 unspecified atom stereocenters. The van der Waals surface area contributed by atoms with Crippen molar-refractivity contribution in [3.8, 4) is 0 Å². The summed E-state index contributed by atoms with van der Waals surface area (Å²) >= 11 is 0. The maximum Gasteiger partial charge on any atom is 0.338 e. The molecule has 1 aromatic rings. The summed E-state index contributed by atoms with van der Waals surface area (Å²) in [6.07, 6.45) is -0.0599. The fourth-order valence-electron chi connectivity index (χ4n) is 2.05. The molecule has 0 bridgehead atoms. The summed E-state index contributed by atoms with van der Waals surface area (Å²) in [5.41, 5.74) is 0.534. The van der Waals surface area contributed by atoms with Gasteiger partial charge in [-0.3, -0.25) is 0 Å². The molecule has 5 heteroatoms. The summed E-state index contributed by atoms with van der Waals surface area (Å²) in [6.45, 7) is 0.202. The van der Waals surface area contributed by atoms with Crippen LogP contribution in [-0.2, 0) is 18.9 Å². The average Bonchev–Trinajstić information content (AvgIpc) is 2.88. The number of carbonyl (C=O) groups excluding carboxylic acids is 1. The third kappa shape index (κ3) is 3.53. The van der Waals surface area contributed by atoms with Crippen molar-refractivity contribution in [2.45, 2.75) is 24.9 Å². The van der Waals surface area contributed by atoms with Gasteiger partial charge < -0.3 is 18.9 Å². The van der Waals surface area contributed by atoms with Crippen LogP contribution in [0.15, 0.2) is 30.3 Å². The first-order valence-electron chi connectivity index (χ1n) is 6.17. The fraction of sp³-hybridized carbons (Fsp3) is 0.500. The number of ether oxygens (including phenoxy) is 4. The highest BCUT2D eigenvalue weighted by Crippen LogP contribution is 2.23. The van der Waals surface area contributed by atoms with E-state index in [0.29, 0.717) is 12.0 Å². The molecule has 1 aliphatic rings. The van der Waals surface area contributed by atoms with Crippen LogP contribution in [-0.4, -0.2) is 45.3 Å². The van der Waals surface area contributed by atoms with Crippen LogP contribution in [0.25, 0.3) is 0 Å². The van der Waals surface area contributed by atoms with Gasteiger partial charge in [0, 0.05) is 20.6 Å². The maximum atomic E-state index is 11.8. The molecule has 0 aromatic heterocycles. The summed E-state index contributed by atoms with van der Waals surface area (Å²) in [7, 11) is 3.17. The van der Waals surface area contributed by atoms with Gasteiger partial charge in [0.25, 0.3) is 0 Å². The first-order valence-corrected chi connectivity index (χ1v) is 6.17. The van der Waals surface area contributed by atoms with E-state index in [9.17, 15) is 4.79 Å². The lowest BCUT2D eigenvalue weighted by Gasteiger charge is -2.14. The fourth-order valence-corrected chi connectivity index (χ4v) is 2.05. The molecule has 0 N–H and O–H groups in total. The lowest BCUT2D eigenvalue weighted by molar-refractivity contribution is -0.159. The Morgan fingerprint density at radius 2 is 2.00 bits per heavy atom. The van der Waals surface area contributed by atoms with Gasteiger partial charge >= 0.3 is 5.97 Å². The van der Waals surface area contributed by atoms with Gasteiger partial charge in [0.15, 0.2) is 6.29 Å². The molecule has 0 amide bonds. The molecule has 1 heterocycles. The van der Waals surface area contributed by atoms with Gasteiger partial charge in [-0.15, -0.1) is 0 Å². The first-order chi connectivity index (χ1) is 9.24. The van der Waals surface area contributed by atoms with Crippen LogP contribution < -0.4 is 0 Å². The molecular formula is C14H18O5. The zero-order valence-corrected chi connectivity index (χ0v) is 11.1. The van der Waals surface area contributed by atoms with E-state index in [4.69, 9.17) is 18.9 Å². The van der Waals surface area contributed by atoms with Crippen molar-refractivity contribution in [2.75, 3.05) is 20.8 Å². The molecule has 1 aromatic carbocycles. The van der Waals surface area contributed by atoms with Crippen LogP contribution in [0.3, 0.4) is 0 Å². The first kappa shape index (κ1) is 14.0. The molecule has 1 saturated heterocycles. The summed E-state index contributed by atoms with van der Waals surface area (Å²) in [5, 5.41) is 0. The topological polar surface area (TPSA) is 54.0 Å². The van der Waals surface area contributed by atoms with Gasteiger partial charge in [0.05, 0.1) is 11.7 Å². The lowest BCUT2D eigenvalue weighted by atomic mass is 10.2. The molecule has 0 spiro atoms. The third-order valence-electron chi connectivity index (χ3n) is 3.07. The van der Waals surface area contributed by atoms with Gasteiger partial charge in [0.1, 0.15) is 12.7 Å². The molecule has 1 fully saturated rings. The van der Waals surface area contributed by atoms with E-state index in [2.05, 4.69) is 0 Å². The Morgan fingerprint density at radius 3 is 2.58 bits per heavy atom. The highest BCUT2D eigenvalue weighted by Gasteiger charge is 2.36. The largest absolute Gasteiger partial charge is 0.459 e. The molecule has 2 rings (SSSR count). The Hall–Kier alpha value is -1.43. The van der Waals surface area contributed by atoms with E-state index in [-0.39, 0.29) is 24.8 Å². The van der Waals surface area contributed by atoms with Gasteiger partial charge in [-0.2, -0.15) is 0 Å². The van der Waals surface area contributed by atoms with Gasteiger partial charge in [-0.1, -0.05) is 18.2 Å². The molecular weight excluding hydrogens is 248 g/mol. The zero-order valence-electron chi connectivity index (χ0n) is 11.1. The van der Waals surface area contributed by atoms with Crippen LogP contribution in [0, 0.1) is 0 Å². The minimum Gasteiger partial charge on any atom is -0.459 e. The van der Waals surface area contributed by atoms with Gasteiger partial charge in [-0.25, -0.2) is 4.79 Å². The highest BCUT2D eigenvalue weighted by molar-refractivity contribution is 5.89. The van der Waals surface area contributed by atoms with Gasteiger partial charge in [0.2, 0.25) is 0 Å². The molecule has 0 aliphatic carbocycles. The molecule has 1 aliphatic heterocycles. The number of rotatable bonds is 5. The predicted octanol–water partition coefficient (Wildman–Crippen LogP) is 1.62. The number of benzene rings is 1. The smallest absolute Gasteiger partial charge is 0.338 e. The van der Waals surface area contributed by atoms with Crippen LogP contribution >= 0.6 is 0 Å². The van der Waals surface area contributed by atoms with Crippen molar-refractivity contribution in [1.29, 1.82) is 0 Å². The van der Waals surface area contributed by atoms with E-state index in [1.807, 2.05) is 6.07 Å². The molecule has 5 nitrogen and oxygen atoms in total. The van der Waals surface area contributed by atoms with E-state index < -0.39 is 6.29 Å². The zero-order chi connectivity index (χ0) is 13.7. The third-order valence-corrected chi connectivity index (χ3v) is 3.07. The van der Waals surface area contributed by atoms with E-state index in [1.165, 1.54) is 0 Å². The molecule has 0 radical (unpaired) electrons. The second kappa shape index (κ2) is 6.65. The molecule has 3 atom stereocenters. The minimum absolute atomic E-state index is 0.120. The highest BCUT2D eigenvalue weighted by atomic mass is 16.7. The second-order valence-electron chi connectivity index (χ2n) is 4.34. The van der Waals surface area contributed by atoms with Crippen molar-refractivity contribution in [3.05, 3.63) is 35.9 Å². The Morgan fingerprint density at radius 1 is 1.26 bits per heavy atom. The van der Waals surface area contributed by atoms with Crippen molar-refractivity contribution < 1.29 is 23.7 Å². The van der Waals surface area contributed by atoms with Gasteiger partial charge in [-0.05, 0) is 12.1 Å². The Kier molecular flexibility index (Phi) is 4.90. The van der Waals surface area contributed by atoms with Crippen LogP contribution in [0.2, 0.25) is 0 Å². The Balaban J connectivity index is 1.82. The normalized spacial score (nSPS) is 26.3. The molecule has 0 saturated carbocycles.